The first-order valence-electron chi connectivity index (χ1n) is 6.82. The van der Waals surface area contributed by atoms with Gasteiger partial charge in [0.2, 0.25) is 0 Å². The van der Waals surface area contributed by atoms with Crippen LogP contribution in [-0.2, 0) is 0 Å². The van der Waals surface area contributed by atoms with E-state index in [1.165, 1.54) is 5.56 Å². The number of nitrogens with one attached hydrogen (secondary N) is 1. The first-order valence-corrected chi connectivity index (χ1v) is 6.82. The maximum atomic E-state index is 5.67. The molecule has 0 fully saturated rings. The third-order valence-electron chi connectivity index (χ3n) is 2.90. The first-order chi connectivity index (χ1) is 8.84. The molecule has 0 bridgehead atoms. The van der Waals surface area contributed by atoms with Crippen molar-refractivity contribution >= 4 is 0 Å². The van der Waals surface area contributed by atoms with Crippen molar-refractivity contribution in [2.45, 2.75) is 46.2 Å². The third kappa shape index (κ3) is 5.36. The van der Waals surface area contributed by atoms with Gasteiger partial charge < -0.3 is 4.74 Å². The lowest BCUT2D eigenvalue weighted by molar-refractivity contribution is 0.271. The van der Waals surface area contributed by atoms with Crippen LogP contribution in [0.3, 0.4) is 0 Å². The highest BCUT2D eigenvalue weighted by Gasteiger charge is 2.17. The lowest BCUT2D eigenvalue weighted by Crippen LogP contribution is -2.39. The summed E-state index contributed by atoms with van der Waals surface area (Å²) in [7, 11) is 0. The van der Waals surface area contributed by atoms with Crippen molar-refractivity contribution in [2.75, 3.05) is 6.61 Å². The Hall–Kier alpha value is -1.46. The molecule has 104 valence electrons. The summed E-state index contributed by atoms with van der Waals surface area (Å²) >= 11 is 0. The SMILES string of the molecule is C#CC(C)(C)NC(C)c1ccc(OCC(C)C)cc1. The van der Waals surface area contributed by atoms with Gasteiger partial charge in [0.25, 0.3) is 0 Å². The molecule has 0 amide bonds. The second-order valence-corrected chi connectivity index (χ2v) is 5.91. The fraction of sp³-hybridized carbons (Fsp3) is 0.529. The summed E-state index contributed by atoms with van der Waals surface area (Å²) in [6.07, 6.45) is 5.49. The highest BCUT2D eigenvalue weighted by atomic mass is 16.5. The number of benzene rings is 1. The van der Waals surface area contributed by atoms with Crippen LogP contribution in [0, 0.1) is 18.3 Å². The Morgan fingerprint density at radius 3 is 2.26 bits per heavy atom. The second-order valence-electron chi connectivity index (χ2n) is 5.91. The summed E-state index contributed by atoms with van der Waals surface area (Å²) in [6, 6.07) is 8.40. The van der Waals surface area contributed by atoms with E-state index in [-0.39, 0.29) is 11.6 Å². The Balaban J connectivity index is 2.63. The van der Waals surface area contributed by atoms with E-state index < -0.39 is 0 Å². The maximum absolute atomic E-state index is 5.67. The molecule has 0 aliphatic rings. The molecule has 1 aromatic carbocycles. The summed E-state index contributed by atoms with van der Waals surface area (Å²) in [4.78, 5) is 0. The smallest absolute Gasteiger partial charge is 0.119 e. The molecule has 0 aromatic heterocycles. The van der Waals surface area contributed by atoms with Crippen LogP contribution >= 0.6 is 0 Å². The minimum absolute atomic E-state index is 0.213. The largest absolute Gasteiger partial charge is 0.493 e. The average Bonchev–Trinajstić information content (AvgIpc) is 2.36. The van der Waals surface area contributed by atoms with Gasteiger partial charge >= 0.3 is 0 Å². The fourth-order valence-corrected chi connectivity index (χ4v) is 1.78. The monoisotopic (exact) mass is 259 g/mol. The van der Waals surface area contributed by atoms with Gasteiger partial charge in [-0.3, -0.25) is 5.32 Å². The molecule has 1 N–H and O–H groups in total. The molecule has 1 atom stereocenters. The zero-order valence-electron chi connectivity index (χ0n) is 12.7. The molecular weight excluding hydrogens is 234 g/mol. The van der Waals surface area contributed by atoms with Crippen molar-refractivity contribution in [2.24, 2.45) is 5.92 Å². The molecule has 2 nitrogen and oxygen atoms in total. The highest BCUT2D eigenvalue weighted by Crippen LogP contribution is 2.20. The Kier molecular flexibility index (Phi) is 5.44. The molecule has 1 unspecified atom stereocenters. The van der Waals surface area contributed by atoms with Crippen molar-refractivity contribution in [3.63, 3.8) is 0 Å². The number of rotatable bonds is 6. The molecule has 0 spiro atoms. The lowest BCUT2D eigenvalue weighted by Gasteiger charge is -2.25. The average molecular weight is 259 g/mol. The van der Waals surface area contributed by atoms with Crippen LogP contribution in [0.1, 0.15) is 46.2 Å². The predicted molar refractivity (Wildman–Crippen MR) is 81.2 cm³/mol. The van der Waals surface area contributed by atoms with Gasteiger partial charge in [-0.05, 0) is 44.4 Å². The summed E-state index contributed by atoms with van der Waals surface area (Å²) in [5.74, 6) is 4.21. The molecule has 0 aliphatic carbocycles. The van der Waals surface area contributed by atoms with E-state index in [1.54, 1.807) is 0 Å². The van der Waals surface area contributed by atoms with E-state index in [0.717, 1.165) is 12.4 Å². The standard InChI is InChI=1S/C17H25NO/c1-7-17(5,6)18-14(4)15-8-10-16(11-9-15)19-12-13(2)3/h1,8-11,13-14,18H,12H2,2-6H3. The van der Waals surface area contributed by atoms with E-state index in [9.17, 15) is 0 Å². The van der Waals surface area contributed by atoms with Crippen molar-refractivity contribution < 1.29 is 4.74 Å². The van der Waals surface area contributed by atoms with Crippen LogP contribution in [0.25, 0.3) is 0 Å². The minimum Gasteiger partial charge on any atom is -0.493 e. The summed E-state index contributed by atoms with van der Waals surface area (Å²) in [5.41, 5.74) is 0.909. The van der Waals surface area contributed by atoms with Crippen LogP contribution in [0.2, 0.25) is 0 Å². The third-order valence-corrected chi connectivity index (χ3v) is 2.90. The molecular formula is C17H25NO. The normalized spacial score (nSPS) is 13.1. The van der Waals surface area contributed by atoms with E-state index in [1.807, 2.05) is 26.0 Å². The van der Waals surface area contributed by atoms with Gasteiger partial charge in [0.15, 0.2) is 0 Å². The summed E-state index contributed by atoms with van der Waals surface area (Å²) in [6.45, 7) is 11.2. The topological polar surface area (TPSA) is 21.3 Å². The Labute approximate surface area is 117 Å². The molecule has 1 aromatic rings. The van der Waals surface area contributed by atoms with E-state index in [0.29, 0.717) is 5.92 Å². The van der Waals surface area contributed by atoms with Crippen LogP contribution in [0.5, 0.6) is 5.75 Å². The molecule has 0 saturated heterocycles. The van der Waals surface area contributed by atoms with Crippen molar-refractivity contribution in [3.05, 3.63) is 29.8 Å². The second kappa shape index (κ2) is 6.63. The van der Waals surface area contributed by atoms with Crippen molar-refractivity contribution in [1.29, 1.82) is 0 Å². The van der Waals surface area contributed by atoms with Crippen LogP contribution in [0.4, 0.5) is 0 Å². The Morgan fingerprint density at radius 1 is 1.21 bits per heavy atom. The van der Waals surface area contributed by atoms with E-state index >= 15 is 0 Å². The number of terminal acetylenes is 1. The maximum Gasteiger partial charge on any atom is 0.119 e. The minimum atomic E-state index is -0.299. The van der Waals surface area contributed by atoms with Crippen LogP contribution < -0.4 is 10.1 Å². The van der Waals surface area contributed by atoms with Crippen LogP contribution in [-0.4, -0.2) is 12.1 Å². The van der Waals surface area contributed by atoms with Gasteiger partial charge in [0, 0.05) is 6.04 Å². The van der Waals surface area contributed by atoms with Crippen molar-refractivity contribution in [3.8, 4) is 18.1 Å². The summed E-state index contributed by atoms with van der Waals surface area (Å²) in [5, 5.41) is 3.41. The van der Waals surface area contributed by atoms with Gasteiger partial charge in [-0.2, -0.15) is 0 Å². The van der Waals surface area contributed by atoms with Gasteiger partial charge in [0.05, 0.1) is 12.1 Å². The number of ether oxygens (including phenoxy) is 1. The van der Waals surface area contributed by atoms with E-state index in [4.69, 9.17) is 11.2 Å². The predicted octanol–water partition coefficient (Wildman–Crippen LogP) is 3.78. The molecule has 2 heteroatoms. The molecule has 0 radical (unpaired) electrons. The number of hydrogen-bond donors (Lipinski definition) is 1. The Bertz CT molecular complexity index is 426. The Morgan fingerprint density at radius 2 is 1.79 bits per heavy atom. The molecule has 19 heavy (non-hydrogen) atoms. The van der Waals surface area contributed by atoms with E-state index in [2.05, 4.69) is 44.1 Å². The van der Waals surface area contributed by atoms with Crippen LogP contribution in [0.15, 0.2) is 24.3 Å². The van der Waals surface area contributed by atoms with Gasteiger partial charge in [-0.15, -0.1) is 6.42 Å². The summed E-state index contributed by atoms with van der Waals surface area (Å²) < 4.78 is 5.67. The first kappa shape index (κ1) is 15.6. The van der Waals surface area contributed by atoms with Crippen molar-refractivity contribution in [1.82, 2.24) is 5.32 Å². The molecule has 0 aliphatic heterocycles. The van der Waals surface area contributed by atoms with Gasteiger partial charge in [0.1, 0.15) is 5.75 Å². The van der Waals surface area contributed by atoms with Gasteiger partial charge in [-0.1, -0.05) is 31.9 Å². The lowest BCUT2D eigenvalue weighted by atomic mass is 10.0. The zero-order valence-corrected chi connectivity index (χ0v) is 12.7. The fourth-order valence-electron chi connectivity index (χ4n) is 1.78. The number of hydrogen-bond acceptors (Lipinski definition) is 2. The van der Waals surface area contributed by atoms with Gasteiger partial charge in [-0.25, -0.2) is 0 Å². The molecule has 0 heterocycles. The zero-order chi connectivity index (χ0) is 14.5. The quantitative estimate of drug-likeness (QED) is 0.785. The molecule has 1 rings (SSSR count). The molecule has 0 saturated carbocycles. The highest BCUT2D eigenvalue weighted by molar-refractivity contribution is 5.29.